The van der Waals surface area contributed by atoms with E-state index in [1.807, 2.05) is 38.2 Å². The van der Waals surface area contributed by atoms with E-state index in [0.29, 0.717) is 0 Å². The van der Waals surface area contributed by atoms with Gasteiger partial charge in [-0.2, -0.15) is 0 Å². The first-order valence-electron chi connectivity index (χ1n) is 6.72. The van der Waals surface area contributed by atoms with Gasteiger partial charge in [-0.15, -0.1) is 5.10 Å². The van der Waals surface area contributed by atoms with Crippen molar-refractivity contribution in [2.24, 2.45) is 0 Å². The minimum absolute atomic E-state index is 0.747. The first kappa shape index (κ1) is 13.2. The van der Waals surface area contributed by atoms with Gasteiger partial charge in [-0.1, -0.05) is 6.07 Å². The highest BCUT2D eigenvalue weighted by Crippen LogP contribution is 2.18. The van der Waals surface area contributed by atoms with Gasteiger partial charge in [-0.05, 0) is 59.7 Å². The van der Waals surface area contributed by atoms with E-state index in [1.54, 1.807) is 11.0 Å². The fourth-order valence-electron chi connectivity index (χ4n) is 2.10. The highest BCUT2D eigenvalue weighted by molar-refractivity contribution is 5.53. The molecule has 0 saturated heterocycles. The second-order valence-electron chi connectivity index (χ2n) is 4.92. The van der Waals surface area contributed by atoms with Crippen LogP contribution in [-0.4, -0.2) is 25.2 Å². The summed E-state index contributed by atoms with van der Waals surface area (Å²) < 4.78 is 1.66. The molecule has 0 unspecified atom stereocenters. The highest BCUT2D eigenvalue weighted by Gasteiger charge is 2.03. The number of pyridine rings is 1. The molecule has 1 aromatic carbocycles. The monoisotopic (exact) mass is 280 g/mol. The summed E-state index contributed by atoms with van der Waals surface area (Å²) in [5.74, 6) is 0. The molecule has 0 aliphatic carbocycles. The van der Waals surface area contributed by atoms with Gasteiger partial charge in [0.1, 0.15) is 6.33 Å². The molecule has 0 aliphatic rings. The summed E-state index contributed by atoms with van der Waals surface area (Å²) in [4.78, 5) is 4.29. The van der Waals surface area contributed by atoms with Crippen LogP contribution in [0.2, 0.25) is 0 Å². The van der Waals surface area contributed by atoms with Crippen molar-refractivity contribution in [3.05, 3.63) is 59.7 Å². The summed E-state index contributed by atoms with van der Waals surface area (Å²) in [7, 11) is 0. The van der Waals surface area contributed by atoms with E-state index in [-0.39, 0.29) is 0 Å². The van der Waals surface area contributed by atoms with Gasteiger partial charge in [-0.25, -0.2) is 4.68 Å². The molecule has 2 heterocycles. The Hall–Kier alpha value is -2.76. The van der Waals surface area contributed by atoms with E-state index < -0.39 is 0 Å². The lowest BCUT2D eigenvalue weighted by Crippen LogP contribution is -2.02. The maximum absolute atomic E-state index is 4.29. The molecule has 0 amide bonds. The van der Waals surface area contributed by atoms with Gasteiger partial charge < -0.3 is 5.32 Å². The third-order valence-corrected chi connectivity index (χ3v) is 3.26. The summed E-state index contributed by atoms with van der Waals surface area (Å²) in [5.41, 5.74) is 5.32. The maximum atomic E-state index is 4.29. The van der Waals surface area contributed by atoms with Gasteiger partial charge in [0.05, 0.1) is 5.69 Å². The zero-order chi connectivity index (χ0) is 14.7. The SMILES string of the molecule is Cc1ccc(CNc2ccc(-n3cnnn3)c(C)c2)cn1. The van der Waals surface area contributed by atoms with Crippen molar-refractivity contribution in [3.63, 3.8) is 0 Å². The molecule has 2 aromatic heterocycles. The van der Waals surface area contributed by atoms with Crippen LogP contribution in [0.3, 0.4) is 0 Å². The topological polar surface area (TPSA) is 68.5 Å². The Kier molecular flexibility index (Phi) is 3.59. The zero-order valence-corrected chi connectivity index (χ0v) is 12.0. The number of aromatic nitrogens is 5. The second-order valence-corrected chi connectivity index (χ2v) is 4.92. The lowest BCUT2D eigenvalue weighted by molar-refractivity contribution is 0.785. The predicted molar refractivity (Wildman–Crippen MR) is 80.2 cm³/mol. The second kappa shape index (κ2) is 5.70. The van der Waals surface area contributed by atoms with Crippen LogP contribution in [0.1, 0.15) is 16.8 Å². The van der Waals surface area contributed by atoms with Crippen molar-refractivity contribution >= 4 is 5.69 Å². The number of benzene rings is 1. The Morgan fingerprint density at radius 3 is 2.71 bits per heavy atom. The summed E-state index contributed by atoms with van der Waals surface area (Å²) >= 11 is 0. The smallest absolute Gasteiger partial charge is 0.143 e. The number of hydrogen-bond donors (Lipinski definition) is 1. The van der Waals surface area contributed by atoms with Crippen LogP contribution in [0.25, 0.3) is 5.69 Å². The van der Waals surface area contributed by atoms with Crippen molar-refractivity contribution in [1.82, 2.24) is 25.2 Å². The van der Waals surface area contributed by atoms with E-state index in [1.165, 1.54) is 0 Å². The number of nitrogens with one attached hydrogen (secondary N) is 1. The normalized spacial score (nSPS) is 10.6. The van der Waals surface area contributed by atoms with Gasteiger partial charge in [0.2, 0.25) is 0 Å². The fraction of sp³-hybridized carbons (Fsp3) is 0.200. The Morgan fingerprint density at radius 2 is 2.05 bits per heavy atom. The molecule has 0 saturated carbocycles. The largest absolute Gasteiger partial charge is 0.381 e. The number of anilines is 1. The lowest BCUT2D eigenvalue weighted by Gasteiger charge is -2.10. The molecule has 106 valence electrons. The van der Waals surface area contributed by atoms with Crippen molar-refractivity contribution < 1.29 is 0 Å². The van der Waals surface area contributed by atoms with Crippen LogP contribution < -0.4 is 5.32 Å². The molecule has 3 rings (SSSR count). The van der Waals surface area contributed by atoms with Gasteiger partial charge in [0, 0.05) is 24.1 Å². The molecule has 1 N–H and O–H groups in total. The molecular weight excluding hydrogens is 264 g/mol. The van der Waals surface area contributed by atoms with Crippen LogP contribution >= 0.6 is 0 Å². The Labute approximate surface area is 122 Å². The summed E-state index contributed by atoms with van der Waals surface area (Å²) in [6.45, 7) is 4.77. The van der Waals surface area contributed by atoms with Crippen LogP contribution in [-0.2, 0) is 6.54 Å². The average Bonchev–Trinajstić information content (AvgIpc) is 3.01. The van der Waals surface area contributed by atoms with Crippen LogP contribution in [0.15, 0.2) is 42.9 Å². The van der Waals surface area contributed by atoms with Gasteiger partial charge in [0.15, 0.2) is 0 Å². The van der Waals surface area contributed by atoms with E-state index in [9.17, 15) is 0 Å². The van der Waals surface area contributed by atoms with E-state index in [2.05, 4.69) is 38.0 Å². The Balaban J connectivity index is 1.72. The maximum Gasteiger partial charge on any atom is 0.143 e. The molecule has 3 aromatic rings. The van der Waals surface area contributed by atoms with Crippen molar-refractivity contribution in [3.8, 4) is 5.69 Å². The molecule has 0 spiro atoms. The first-order chi connectivity index (χ1) is 10.2. The van der Waals surface area contributed by atoms with Gasteiger partial charge in [-0.3, -0.25) is 4.98 Å². The number of hydrogen-bond acceptors (Lipinski definition) is 5. The van der Waals surface area contributed by atoms with Crippen molar-refractivity contribution in [1.29, 1.82) is 0 Å². The quantitative estimate of drug-likeness (QED) is 0.794. The van der Waals surface area contributed by atoms with Crippen molar-refractivity contribution in [2.45, 2.75) is 20.4 Å². The molecule has 0 fully saturated rings. The highest BCUT2D eigenvalue weighted by atomic mass is 15.5. The van der Waals surface area contributed by atoms with Crippen LogP contribution in [0.4, 0.5) is 5.69 Å². The Morgan fingerprint density at radius 1 is 1.14 bits per heavy atom. The van der Waals surface area contributed by atoms with E-state index in [4.69, 9.17) is 0 Å². The molecule has 0 radical (unpaired) electrons. The molecule has 6 heteroatoms. The summed E-state index contributed by atoms with van der Waals surface area (Å²) in [6, 6.07) is 10.2. The molecule has 0 aliphatic heterocycles. The molecule has 21 heavy (non-hydrogen) atoms. The fourth-order valence-corrected chi connectivity index (χ4v) is 2.10. The lowest BCUT2D eigenvalue weighted by atomic mass is 10.1. The summed E-state index contributed by atoms with van der Waals surface area (Å²) in [5, 5.41) is 14.6. The van der Waals surface area contributed by atoms with Gasteiger partial charge in [0.25, 0.3) is 0 Å². The van der Waals surface area contributed by atoms with E-state index >= 15 is 0 Å². The van der Waals surface area contributed by atoms with Crippen LogP contribution in [0.5, 0.6) is 0 Å². The molecule has 0 atom stereocenters. The number of tetrazole rings is 1. The number of rotatable bonds is 4. The Bertz CT molecular complexity index is 718. The predicted octanol–water partition coefficient (Wildman–Crippen LogP) is 2.29. The minimum atomic E-state index is 0.747. The average molecular weight is 280 g/mol. The van der Waals surface area contributed by atoms with Crippen LogP contribution in [0, 0.1) is 13.8 Å². The minimum Gasteiger partial charge on any atom is -0.381 e. The third-order valence-electron chi connectivity index (χ3n) is 3.26. The zero-order valence-electron chi connectivity index (χ0n) is 12.0. The number of nitrogens with zero attached hydrogens (tertiary/aromatic N) is 5. The van der Waals surface area contributed by atoms with Crippen molar-refractivity contribution in [2.75, 3.05) is 5.32 Å². The first-order valence-corrected chi connectivity index (χ1v) is 6.72. The summed E-state index contributed by atoms with van der Waals surface area (Å²) in [6.07, 6.45) is 3.48. The van der Waals surface area contributed by atoms with Gasteiger partial charge >= 0.3 is 0 Å². The standard InChI is InChI=1S/C15H16N6/c1-11-7-14(5-6-15(11)21-10-18-19-20-21)17-9-13-4-3-12(2)16-8-13/h3-8,10,17H,9H2,1-2H3. The molecule has 0 bridgehead atoms. The molecular formula is C15H16N6. The molecule has 6 nitrogen and oxygen atoms in total. The third kappa shape index (κ3) is 3.05. The van der Waals surface area contributed by atoms with E-state index in [0.717, 1.165) is 34.7 Å². The number of aryl methyl sites for hydroxylation is 2.